The second-order valence-corrected chi connectivity index (χ2v) is 7.36. The quantitative estimate of drug-likeness (QED) is 0.899. The van der Waals surface area contributed by atoms with Crippen molar-refractivity contribution in [1.82, 2.24) is 4.90 Å². The molecule has 1 aliphatic heterocycles. The van der Waals surface area contributed by atoms with E-state index in [1.807, 2.05) is 59.5 Å². The van der Waals surface area contributed by atoms with Gasteiger partial charge in [-0.15, -0.1) is 0 Å². The summed E-state index contributed by atoms with van der Waals surface area (Å²) in [4.78, 5) is 26.9. The normalized spacial score (nSPS) is 17.8. The third kappa shape index (κ3) is 3.36. The van der Waals surface area contributed by atoms with Gasteiger partial charge in [0.05, 0.1) is 11.8 Å². The molecule has 0 radical (unpaired) electrons. The SMILES string of the molecule is O=C(Cc1ccc(NC(=O)C2(c3ccccc3)CC2)cc1)N1CCCC1. The summed E-state index contributed by atoms with van der Waals surface area (Å²) >= 11 is 0. The summed E-state index contributed by atoms with van der Waals surface area (Å²) in [7, 11) is 0. The number of nitrogens with zero attached hydrogens (tertiary/aromatic N) is 1. The first-order valence-corrected chi connectivity index (χ1v) is 9.41. The minimum atomic E-state index is -0.369. The van der Waals surface area contributed by atoms with Crippen molar-refractivity contribution in [3.63, 3.8) is 0 Å². The molecule has 134 valence electrons. The molecular weight excluding hydrogens is 324 g/mol. The average Bonchev–Trinajstić information content (AvgIpc) is 3.30. The largest absolute Gasteiger partial charge is 0.342 e. The highest BCUT2D eigenvalue weighted by Crippen LogP contribution is 2.48. The van der Waals surface area contributed by atoms with Crippen molar-refractivity contribution in [2.24, 2.45) is 0 Å². The predicted molar refractivity (Wildman–Crippen MR) is 102 cm³/mol. The fourth-order valence-electron chi connectivity index (χ4n) is 3.74. The van der Waals surface area contributed by atoms with Gasteiger partial charge in [-0.25, -0.2) is 0 Å². The maximum absolute atomic E-state index is 12.8. The monoisotopic (exact) mass is 348 g/mol. The zero-order valence-corrected chi connectivity index (χ0v) is 14.9. The Labute approximate surface area is 154 Å². The van der Waals surface area contributed by atoms with Crippen LogP contribution in [0.3, 0.4) is 0 Å². The van der Waals surface area contributed by atoms with Gasteiger partial charge in [-0.3, -0.25) is 9.59 Å². The topological polar surface area (TPSA) is 49.4 Å². The predicted octanol–water partition coefficient (Wildman–Crippen LogP) is 3.52. The minimum absolute atomic E-state index is 0.0598. The smallest absolute Gasteiger partial charge is 0.235 e. The van der Waals surface area contributed by atoms with Crippen molar-refractivity contribution < 1.29 is 9.59 Å². The third-order valence-electron chi connectivity index (χ3n) is 5.54. The molecule has 2 fully saturated rings. The number of benzene rings is 2. The first-order chi connectivity index (χ1) is 12.7. The van der Waals surface area contributed by atoms with E-state index in [1.165, 1.54) is 0 Å². The molecule has 1 saturated carbocycles. The lowest BCUT2D eigenvalue weighted by Gasteiger charge is -2.17. The van der Waals surface area contributed by atoms with E-state index in [1.54, 1.807) is 0 Å². The van der Waals surface area contributed by atoms with E-state index in [0.717, 1.165) is 55.6 Å². The van der Waals surface area contributed by atoms with Gasteiger partial charge in [0.25, 0.3) is 0 Å². The molecule has 1 N–H and O–H groups in total. The first-order valence-electron chi connectivity index (χ1n) is 9.41. The molecule has 1 heterocycles. The first kappa shape index (κ1) is 16.8. The Morgan fingerprint density at radius 1 is 0.923 bits per heavy atom. The van der Waals surface area contributed by atoms with Crippen LogP contribution in [0.5, 0.6) is 0 Å². The Balaban J connectivity index is 1.38. The Morgan fingerprint density at radius 3 is 2.19 bits per heavy atom. The fourth-order valence-corrected chi connectivity index (χ4v) is 3.74. The van der Waals surface area contributed by atoms with Crippen LogP contribution in [0.2, 0.25) is 0 Å². The van der Waals surface area contributed by atoms with Gasteiger partial charge in [-0.1, -0.05) is 42.5 Å². The van der Waals surface area contributed by atoms with E-state index in [-0.39, 0.29) is 17.2 Å². The van der Waals surface area contributed by atoms with Gasteiger partial charge in [0, 0.05) is 18.8 Å². The lowest BCUT2D eigenvalue weighted by molar-refractivity contribution is -0.129. The number of likely N-dealkylation sites (tertiary alicyclic amines) is 1. The summed E-state index contributed by atoms with van der Waals surface area (Å²) in [6.07, 6.45) is 4.44. The summed E-state index contributed by atoms with van der Waals surface area (Å²) in [5.74, 6) is 0.255. The van der Waals surface area contributed by atoms with Crippen LogP contribution in [0, 0.1) is 0 Å². The number of hydrogen-bond acceptors (Lipinski definition) is 2. The van der Waals surface area contributed by atoms with E-state index in [2.05, 4.69) is 5.32 Å². The van der Waals surface area contributed by atoms with Gasteiger partial charge in [0.2, 0.25) is 11.8 Å². The van der Waals surface area contributed by atoms with Crippen LogP contribution >= 0.6 is 0 Å². The minimum Gasteiger partial charge on any atom is -0.342 e. The molecule has 0 atom stereocenters. The van der Waals surface area contributed by atoms with Crippen molar-refractivity contribution in [3.05, 3.63) is 65.7 Å². The van der Waals surface area contributed by atoms with Crippen LogP contribution in [0.15, 0.2) is 54.6 Å². The Kier molecular flexibility index (Phi) is 4.49. The van der Waals surface area contributed by atoms with E-state index >= 15 is 0 Å². The molecule has 0 bridgehead atoms. The molecule has 2 amide bonds. The summed E-state index contributed by atoms with van der Waals surface area (Å²) in [5.41, 5.74) is 2.50. The van der Waals surface area contributed by atoms with Crippen LogP contribution in [0.25, 0.3) is 0 Å². The molecule has 2 aliphatic rings. The van der Waals surface area contributed by atoms with Crippen molar-refractivity contribution in [2.75, 3.05) is 18.4 Å². The lowest BCUT2D eigenvalue weighted by Crippen LogP contribution is -2.29. The van der Waals surface area contributed by atoms with Crippen LogP contribution in [-0.4, -0.2) is 29.8 Å². The number of amides is 2. The summed E-state index contributed by atoms with van der Waals surface area (Å²) < 4.78 is 0. The third-order valence-corrected chi connectivity index (χ3v) is 5.54. The Morgan fingerprint density at radius 2 is 1.58 bits per heavy atom. The average molecular weight is 348 g/mol. The van der Waals surface area contributed by atoms with Gasteiger partial charge in [-0.05, 0) is 48.9 Å². The Hall–Kier alpha value is -2.62. The zero-order valence-electron chi connectivity index (χ0n) is 14.9. The number of carbonyl (C=O) groups excluding carboxylic acids is 2. The van der Waals surface area contributed by atoms with E-state index < -0.39 is 0 Å². The second-order valence-electron chi connectivity index (χ2n) is 7.36. The van der Waals surface area contributed by atoms with Gasteiger partial charge < -0.3 is 10.2 Å². The molecule has 2 aromatic carbocycles. The molecule has 4 nitrogen and oxygen atoms in total. The van der Waals surface area contributed by atoms with E-state index in [0.29, 0.717) is 6.42 Å². The molecule has 0 unspecified atom stereocenters. The lowest BCUT2D eigenvalue weighted by atomic mass is 9.95. The number of anilines is 1. The highest BCUT2D eigenvalue weighted by atomic mass is 16.2. The maximum Gasteiger partial charge on any atom is 0.235 e. The maximum atomic E-state index is 12.8. The number of rotatable bonds is 5. The summed E-state index contributed by atoms with van der Waals surface area (Å²) in [6.45, 7) is 1.77. The standard InChI is InChI=1S/C22H24N2O2/c25-20(24-14-4-5-15-24)16-17-8-10-19(11-9-17)23-21(26)22(12-13-22)18-6-2-1-3-7-18/h1-3,6-11H,4-5,12-16H2,(H,23,26). The van der Waals surface area contributed by atoms with Crippen LogP contribution in [-0.2, 0) is 21.4 Å². The van der Waals surface area contributed by atoms with Gasteiger partial charge in [0.1, 0.15) is 0 Å². The molecule has 1 aliphatic carbocycles. The van der Waals surface area contributed by atoms with Crippen LogP contribution in [0.1, 0.15) is 36.8 Å². The second kappa shape index (κ2) is 6.94. The van der Waals surface area contributed by atoms with E-state index in [4.69, 9.17) is 0 Å². The summed E-state index contributed by atoms with van der Waals surface area (Å²) in [5, 5.41) is 3.04. The molecule has 0 spiro atoms. The van der Waals surface area contributed by atoms with Gasteiger partial charge in [0.15, 0.2) is 0 Å². The van der Waals surface area contributed by atoms with Crippen molar-refractivity contribution in [3.8, 4) is 0 Å². The number of hydrogen-bond donors (Lipinski definition) is 1. The highest BCUT2D eigenvalue weighted by molar-refractivity contribution is 6.01. The Bertz CT molecular complexity index is 789. The molecule has 1 saturated heterocycles. The molecular formula is C22H24N2O2. The van der Waals surface area contributed by atoms with Crippen molar-refractivity contribution >= 4 is 17.5 Å². The molecule has 0 aromatic heterocycles. The van der Waals surface area contributed by atoms with Crippen LogP contribution in [0.4, 0.5) is 5.69 Å². The van der Waals surface area contributed by atoms with Crippen molar-refractivity contribution in [1.29, 1.82) is 0 Å². The summed E-state index contributed by atoms with van der Waals surface area (Å²) in [6, 6.07) is 17.6. The fraction of sp³-hybridized carbons (Fsp3) is 0.364. The van der Waals surface area contributed by atoms with Crippen molar-refractivity contribution in [2.45, 2.75) is 37.5 Å². The van der Waals surface area contributed by atoms with Crippen LogP contribution < -0.4 is 5.32 Å². The zero-order chi connectivity index (χ0) is 18.0. The molecule has 4 heteroatoms. The molecule has 4 rings (SSSR count). The molecule has 26 heavy (non-hydrogen) atoms. The van der Waals surface area contributed by atoms with E-state index in [9.17, 15) is 9.59 Å². The van der Waals surface area contributed by atoms with Gasteiger partial charge >= 0.3 is 0 Å². The molecule has 2 aromatic rings. The number of nitrogens with one attached hydrogen (secondary N) is 1. The van der Waals surface area contributed by atoms with Gasteiger partial charge in [-0.2, -0.15) is 0 Å². The number of carbonyl (C=O) groups is 2. The highest BCUT2D eigenvalue weighted by Gasteiger charge is 2.51.